The van der Waals surface area contributed by atoms with Crippen LogP contribution in [0.3, 0.4) is 0 Å². The molecule has 0 saturated carbocycles. The molecule has 21 heavy (non-hydrogen) atoms. The van der Waals surface area contributed by atoms with E-state index in [0.29, 0.717) is 21.7 Å². The fourth-order valence-corrected chi connectivity index (χ4v) is 2.45. The van der Waals surface area contributed by atoms with E-state index in [1.807, 2.05) is 0 Å². The smallest absolute Gasteiger partial charge is 0.270 e. The van der Waals surface area contributed by atoms with E-state index in [1.54, 1.807) is 18.2 Å². The molecule has 4 aromatic rings. The first-order chi connectivity index (χ1) is 10.1. The SMILES string of the molecule is O=c1c2cccnc2oc2[nH]c3ccc([N+](=O)[O-])cc3c12. The second-order valence-electron chi connectivity index (χ2n) is 4.60. The Balaban J connectivity index is 2.25. The molecule has 1 aromatic carbocycles. The van der Waals surface area contributed by atoms with Crippen LogP contribution in [0.5, 0.6) is 0 Å². The predicted octanol–water partition coefficient (Wildman–Crippen LogP) is 2.73. The molecule has 0 saturated heterocycles. The normalized spacial score (nSPS) is 11.4. The van der Waals surface area contributed by atoms with E-state index in [-0.39, 0.29) is 22.5 Å². The summed E-state index contributed by atoms with van der Waals surface area (Å²) >= 11 is 0. The van der Waals surface area contributed by atoms with Crippen LogP contribution in [-0.2, 0) is 0 Å². The highest BCUT2D eigenvalue weighted by molar-refractivity contribution is 6.08. The van der Waals surface area contributed by atoms with Crippen molar-refractivity contribution in [2.75, 3.05) is 0 Å². The van der Waals surface area contributed by atoms with Crippen LogP contribution in [-0.4, -0.2) is 14.9 Å². The molecule has 7 heteroatoms. The van der Waals surface area contributed by atoms with Gasteiger partial charge in [-0.3, -0.25) is 14.9 Å². The Bertz CT molecular complexity index is 1090. The lowest BCUT2D eigenvalue weighted by atomic mass is 10.1. The maximum absolute atomic E-state index is 12.6. The number of aromatic nitrogens is 2. The van der Waals surface area contributed by atoms with Gasteiger partial charge in [-0.05, 0) is 18.2 Å². The van der Waals surface area contributed by atoms with Gasteiger partial charge in [-0.1, -0.05) is 0 Å². The summed E-state index contributed by atoms with van der Waals surface area (Å²) in [5.41, 5.74) is 0.768. The summed E-state index contributed by atoms with van der Waals surface area (Å²) < 4.78 is 5.58. The lowest BCUT2D eigenvalue weighted by molar-refractivity contribution is -0.384. The molecule has 0 aliphatic carbocycles. The lowest BCUT2D eigenvalue weighted by Gasteiger charge is -1.95. The van der Waals surface area contributed by atoms with Crippen LogP contribution in [0.15, 0.2) is 45.7 Å². The molecule has 0 unspecified atom stereocenters. The molecule has 102 valence electrons. The van der Waals surface area contributed by atoms with E-state index in [4.69, 9.17) is 4.42 Å². The first kappa shape index (κ1) is 11.6. The van der Waals surface area contributed by atoms with Crippen LogP contribution in [0.4, 0.5) is 5.69 Å². The van der Waals surface area contributed by atoms with E-state index in [9.17, 15) is 14.9 Å². The van der Waals surface area contributed by atoms with Gasteiger partial charge in [-0.25, -0.2) is 4.98 Å². The van der Waals surface area contributed by atoms with Crippen molar-refractivity contribution in [3.8, 4) is 0 Å². The van der Waals surface area contributed by atoms with Crippen molar-refractivity contribution in [2.24, 2.45) is 0 Å². The maximum atomic E-state index is 12.6. The molecule has 0 atom stereocenters. The number of H-pyrrole nitrogens is 1. The number of hydrogen-bond acceptors (Lipinski definition) is 5. The Morgan fingerprint density at radius 1 is 1.24 bits per heavy atom. The minimum atomic E-state index is -0.498. The number of hydrogen-bond donors (Lipinski definition) is 1. The number of aromatic amines is 1. The van der Waals surface area contributed by atoms with Gasteiger partial charge in [0.05, 0.1) is 15.7 Å². The van der Waals surface area contributed by atoms with Gasteiger partial charge >= 0.3 is 0 Å². The average Bonchev–Trinajstić information content (AvgIpc) is 2.84. The molecule has 0 spiro atoms. The van der Waals surface area contributed by atoms with Gasteiger partial charge in [-0.2, -0.15) is 0 Å². The fraction of sp³-hybridized carbons (Fsp3) is 0. The van der Waals surface area contributed by atoms with Crippen molar-refractivity contribution in [2.45, 2.75) is 0 Å². The number of non-ortho nitro benzene ring substituents is 1. The van der Waals surface area contributed by atoms with E-state index in [0.717, 1.165) is 0 Å². The van der Waals surface area contributed by atoms with Crippen molar-refractivity contribution >= 4 is 38.8 Å². The molecule has 3 aromatic heterocycles. The Labute approximate surface area is 116 Å². The fourth-order valence-electron chi connectivity index (χ4n) is 2.45. The van der Waals surface area contributed by atoms with Gasteiger partial charge in [0.15, 0.2) is 0 Å². The number of nitrogens with one attached hydrogen (secondary N) is 1. The van der Waals surface area contributed by atoms with Gasteiger partial charge in [0.2, 0.25) is 16.9 Å². The van der Waals surface area contributed by atoms with E-state index in [2.05, 4.69) is 9.97 Å². The van der Waals surface area contributed by atoms with Crippen molar-refractivity contribution in [3.05, 3.63) is 56.9 Å². The van der Waals surface area contributed by atoms with Gasteiger partial charge in [-0.15, -0.1) is 0 Å². The van der Waals surface area contributed by atoms with Crippen LogP contribution >= 0.6 is 0 Å². The second-order valence-corrected chi connectivity index (χ2v) is 4.60. The quantitative estimate of drug-likeness (QED) is 0.427. The summed E-state index contributed by atoms with van der Waals surface area (Å²) in [6.07, 6.45) is 1.53. The summed E-state index contributed by atoms with van der Waals surface area (Å²) in [7, 11) is 0. The van der Waals surface area contributed by atoms with Gasteiger partial charge in [0.25, 0.3) is 5.69 Å². The third kappa shape index (κ3) is 1.54. The lowest BCUT2D eigenvalue weighted by Crippen LogP contribution is -2.01. The molecule has 0 aliphatic rings. The number of pyridine rings is 1. The molecule has 7 nitrogen and oxygen atoms in total. The summed E-state index contributed by atoms with van der Waals surface area (Å²) in [5, 5.41) is 12.0. The number of rotatable bonds is 1. The minimum Gasteiger partial charge on any atom is -0.421 e. The zero-order valence-electron chi connectivity index (χ0n) is 10.5. The molecule has 0 amide bonds. The topological polar surface area (TPSA) is 102 Å². The van der Waals surface area contributed by atoms with Crippen molar-refractivity contribution < 1.29 is 9.34 Å². The van der Waals surface area contributed by atoms with Crippen LogP contribution in [0.25, 0.3) is 33.1 Å². The first-order valence-corrected chi connectivity index (χ1v) is 6.13. The second kappa shape index (κ2) is 3.89. The number of nitro groups is 1. The van der Waals surface area contributed by atoms with E-state index in [1.165, 1.54) is 18.3 Å². The zero-order valence-corrected chi connectivity index (χ0v) is 10.5. The standard InChI is InChI=1S/C14H7N3O4/c18-12-8-2-1-5-15-13(8)21-14-11(12)9-6-7(17(19)20)3-4-10(9)16-14/h1-6,16H. The highest BCUT2D eigenvalue weighted by Gasteiger charge is 2.16. The van der Waals surface area contributed by atoms with Gasteiger partial charge in [0, 0.05) is 29.2 Å². The molecule has 4 rings (SSSR count). The van der Waals surface area contributed by atoms with Gasteiger partial charge < -0.3 is 9.40 Å². The van der Waals surface area contributed by atoms with Crippen LogP contribution < -0.4 is 5.43 Å². The molecule has 3 heterocycles. The molecule has 0 radical (unpaired) electrons. The number of fused-ring (bicyclic) bond motifs is 4. The monoisotopic (exact) mass is 281 g/mol. The van der Waals surface area contributed by atoms with Crippen LogP contribution in [0.1, 0.15) is 0 Å². The van der Waals surface area contributed by atoms with Gasteiger partial charge in [0.1, 0.15) is 0 Å². The predicted molar refractivity (Wildman–Crippen MR) is 76.3 cm³/mol. The summed E-state index contributed by atoms with van der Waals surface area (Å²) in [6.45, 7) is 0. The summed E-state index contributed by atoms with van der Waals surface area (Å²) in [6, 6.07) is 7.56. The zero-order chi connectivity index (χ0) is 14.6. The largest absolute Gasteiger partial charge is 0.421 e. The molecule has 1 N–H and O–H groups in total. The molecule has 0 aliphatic heterocycles. The van der Waals surface area contributed by atoms with E-state index >= 15 is 0 Å². The third-order valence-electron chi connectivity index (χ3n) is 3.40. The third-order valence-corrected chi connectivity index (χ3v) is 3.40. The van der Waals surface area contributed by atoms with Crippen molar-refractivity contribution in [1.82, 2.24) is 9.97 Å². The average molecular weight is 281 g/mol. The Hall–Kier alpha value is -3.22. The number of nitro benzene ring substituents is 1. The molecular formula is C14H7N3O4. The summed E-state index contributed by atoms with van der Waals surface area (Å²) in [5.74, 6) is 0. The first-order valence-electron chi connectivity index (χ1n) is 6.13. The Morgan fingerprint density at radius 3 is 2.90 bits per heavy atom. The van der Waals surface area contributed by atoms with Crippen LogP contribution in [0, 0.1) is 10.1 Å². The minimum absolute atomic E-state index is 0.0749. The maximum Gasteiger partial charge on any atom is 0.270 e. The van der Waals surface area contributed by atoms with Crippen LogP contribution in [0.2, 0.25) is 0 Å². The Morgan fingerprint density at radius 2 is 2.10 bits per heavy atom. The van der Waals surface area contributed by atoms with E-state index < -0.39 is 4.92 Å². The highest BCUT2D eigenvalue weighted by Crippen LogP contribution is 2.28. The molecule has 0 fully saturated rings. The molecule has 0 bridgehead atoms. The number of benzene rings is 1. The Kier molecular flexibility index (Phi) is 2.15. The summed E-state index contributed by atoms with van der Waals surface area (Å²) in [4.78, 5) is 29.9. The molecular weight excluding hydrogens is 274 g/mol. The van der Waals surface area contributed by atoms with Crippen molar-refractivity contribution in [1.29, 1.82) is 0 Å². The van der Waals surface area contributed by atoms with Crippen molar-refractivity contribution in [3.63, 3.8) is 0 Å². The highest BCUT2D eigenvalue weighted by atomic mass is 16.6. The number of nitrogens with zero attached hydrogens (tertiary/aromatic N) is 2.